The predicted octanol–water partition coefficient (Wildman–Crippen LogP) is 3.84. The second kappa shape index (κ2) is 7.90. The van der Waals surface area contributed by atoms with Crippen LogP contribution in [0, 0.1) is 0 Å². The fourth-order valence-electron chi connectivity index (χ4n) is 1.80. The highest BCUT2D eigenvalue weighted by Crippen LogP contribution is 2.16. The van der Waals surface area contributed by atoms with E-state index in [4.69, 9.17) is 9.47 Å². The van der Waals surface area contributed by atoms with Crippen molar-refractivity contribution in [2.75, 3.05) is 6.61 Å². The lowest BCUT2D eigenvalue weighted by Crippen LogP contribution is -1.98. The first-order valence-corrected chi connectivity index (χ1v) is 6.89. The van der Waals surface area contributed by atoms with Gasteiger partial charge in [0.05, 0.1) is 6.61 Å². The molecule has 0 aliphatic carbocycles. The molecule has 0 amide bonds. The summed E-state index contributed by atoms with van der Waals surface area (Å²) < 4.78 is 10.6. The Morgan fingerprint density at radius 3 is 2.67 bits per heavy atom. The number of ether oxygens (including phenoxy) is 2. The first-order valence-electron chi connectivity index (χ1n) is 6.89. The molecule has 0 N–H and O–H groups in total. The maximum absolute atomic E-state index is 11.3. The minimum Gasteiger partial charge on any atom is -0.489 e. The van der Waals surface area contributed by atoms with Crippen LogP contribution in [-0.4, -0.2) is 12.6 Å². The number of rotatable bonds is 6. The van der Waals surface area contributed by atoms with Crippen LogP contribution < -0.4 is 4.74 Å². The van der Waals surface area contributed by atoms with Crippen molar-refractivity contribution in [3.05, 3.63) is 71.8 Å². The molecule has 0 unspecified atom stereocenters. The van der Waals surface area contributed by atoms with Crippen LogP contribution in [0.15, 0.2) is 60.7 Å². The largest absolute Gasteiger partial charge is 0.489 e. The van der Waals surface area contributed by atoms with Crippen molar-refractivity contribution in [1.82, 2.24) is 0 Å². The smallest absolute Gasteiger partial charge is 0.330 e. The Bertz CT molecular complexity index is 603. The standard InChI is InChI=1S/C18H18O3/c1-2-20-18(19)12-11-15-9-6-10-17(13-15)21-14-16-7-4-3-5-8-16/h3-13H,2,14H2,1H3. The molecule has 0 radical (unpaired) electrons. The van der Waals surface area contributed by atoms with E-state index in [1.165, 1.54) is 6.08 Å². The fourth-order valence-corrected chi connectivity index (χ4v) is 1.80. The van der Waals surface area contributed by atoms with Crippen LogP contribution in [0.3, 0.4) is 0 Å². The quantitative estimate of drug-likeness (QED) is 0.596. The molecule has 0 saturated heterocycles. The van der Waals surface area contributed by atoms with E-state index in [9.17, 15) is 4.79 Å². The molecular formula is C18H18O3. The zero-order valence-electron chi connectivity index (χ0n) is 12.0. The molecule has 0 saturated carbocycles. The van der Waals surface area contributed by atoms with Crippen LogP contribution in [0.1, 0.15) is 18.1 Å². The zero-order chi connectivity index (χ0) is 14.9. The van der Waals surface area contributed by atoms with Crippen molar-refractivity contribution >= 4 is 12.0 Å². The molecule has 2 rings (SSSR count). The highest BCUT2D eigenvalue weighted by atomic mass is 16.5. The molecule has 0 aliphatic rings. The molecule has 0 spiro atoms. The van der Waals surface area contributed by atoms with Crippen LogP contribution in [0.2, 0.25) is 0 Å². The second-order valence-corrected chi connectivity index (χ2v) is 4.43. The molecule has 21 heavy (non-hydrogen) atoms. The first-order chi connectivity index (χ1) is 10.3. The van der Waals surface area contributed by atoms with Crippen molar-refractivity contribution in [3.8, 4) is 5.75 Å². The molecule has 0 fully saturated rings. The third-order valence-corrected chi connectivity index (χ3v) is 2.80. The van der Waals surface area contributed by atoms with Gasteiger partial charge in [-0.05, 0) is 36.3 Å². The molecule has 108 valence electrons. The summed E-state index contributed by atoms with van der Waals surface area (Å²) in [5.41, 5.74) is 2.01. The Hall–Kier alpha value is -2.55. The Kier molecular flexibility index (Phi) is 5.59. The van der Waals surface area contributed by atoms with Gasteiger partial charge in [0.15, 0.2) is 0 Å². The van der Waals surface area contributed by atoms with E-state index in [-0.39, 0.29) is 5.97 Å². The summed E-state index contributed by atoms with van der Waals surface area (Å²) in [6.45, 7) is 2.68. The molecule has 0 aliphatic heterocycles. The molecule has 2 aromatic rings. The molecule has 0 bridgehead atoms. The van der Waals surface area contributed by atoms with Gasteiger partial charge in [0.25, 0.3) is 0 Å². The van der Waals surface area contributed by atoms with Crippen molar-refractivity contribution in [2.45, 2.75) is 13.5 Å². The number of carbonyl (C=O) groups excluding carboxylic acids is 1. The van der Waals surface area contributed by atoms with Gasteiger partial charge in [0, 0.05) is 6.08 Å². The summed E-state index contributed by atoms with van der Waals surface area (Å²) in [5, 5.41) is 0. The highest BCUT2D eigenvalue weighted by Gasteiger charge is 1.98. The van der Waals surface area contributed by atoms with Crippen LogP contribution in [0.4, 0.5) is 0 Å². The van der Waals surface area contributed by atoms with E-state index >= 15 is 0 Å². The average molecular weight is 282 g/mol. The van der Waals surface area contributed by atoms with Gasteiger partial charge in [-0.25, -0.2) is 4.79 Å². The van der Waals surface area contributed by atoms with Crippen LogP contribution >= 0.6 is 0 Å². The number of hydrogen-bond acceptors (Lipinski definition) is 3. The van der Waals surface area contributed by atoms with Gasteiger partial charge in [-0.3, -0.25) is 0 Å². The van der Waals surface area contributed by atoms with Crippen LogP contribution in [0.5, 0.6) is 5.75 Å². The van der Waals surface area contributed by atoms with Crippen molar-refractivity contribution in [1.29, 1.82) is 0 Å². The maximum Gasteiger partial charge on any atom is 0.330 e. The van der Waals surface area contributed by atoms with Crippen LogP contribution in [0.25, 0.3) is 6.08 Å². The maximum atomic E-state index is 11.3. The summed E-state index contributed by atoms with van der Waals surface area (Å²) >= 11 is 0. The van der Waals surface area contributed by atoms with Gasteiger partial charge >= 0.3 is 5.97 Å². The minimum atomic E-state index is -0.340. The first kappa shape index (κ1) is 14.9. The fraction of sp³-hybridized carbons (Fsp3) is 0.167. The monoisotopic (exact) mass is 282 g/mol. The Balaban J connectivity index is 1.96. The van der Waals surface area contributed by atoms with Gasteiger partial charge in [0.1, 0.15) is 12.4 Å². The lowest BCUT2D eigenvalue weighted by Gasteiger charge is -2.06. The van der Waals surface area contributed by atoms with Gasteiger partial charge in [-0.1, -0.05) is 42.5 Å². The summed E-state index contributed by atoms with van der Waals surface area (Å²) in [6.07, 6.45) is 3.13. The zero-order valence-corrected chi connectivity index (χ0v) is 12.0. The van der Waals surface area contributed by atoms with E-state index < -0.39 is 0 Å². The molecule has 3 heteroatoms. The Labute approximate surface area is 124 Å². The normalized spacial score (nSPS) is 10.5. The van der Waals surface area contributed by atoms with E-state index in [0.29, 0.717) is 13.2 Å². The summed E-state index contributed by atoms with van der Waals surface area (Å²) in [4.78, 5) is 11.3. The lowest BCUT2D eigenvalue weighted by molar-refractivity contribution is -0.137. The number of carbonyl (C=O) groups is 1. The van der Waals surface area contributed by atoms with Gasteiger partial charge in [0.2, 0.25) is 0 Å². The summed E-state index contributed by atoms with van der Waals surface area (Å²) in [6, 6.07) is 17.6. The van der Waals surface area contributed by atoms with E-state index in [1.54, 1.807) is 13.0 Å². The highest BCUT2D eigenvalue weighted by molar-refractivity contribution is 5.87. The van der Waals surface area contributed by atoms with Gasteiger partial charge < -0.3 is 9.47 Å². The van der Waals surface area contributed by atoms with Gasteiger partial charge in [-0.15, -0.1) is 0 Å². The molecular weight excluding hydrogens is 264 g/mol. The topological polar surface area (TPSA) is 35.5 Å². The number of esters is 1. The Morgan fingerprint density at radius 2 is 1.90 bits per heavy atom. The van der Waals surface area contributed by atoms with Gasteiger partial charge in [-0.2, -0.15) is 0 Å². The van der Waals surface area contributed by atoms with Crippen molar-refractivity contribution in [2.24, 2.45) is 0 Å². The molecule has 0 aromatic heterocycles. The summed E-state index contributed by atoms with van der Waals surface area (Å²) in [5.74, 6) is 0.429. The van der Waals surface area contributed by atoms with E-state index in [0.717, 1.165) is 16.9 Å². The minimum absolute atomic E-state index is 0.340. The second-order valence-electron chi connectivity index (χ2n) is 4.43. The third-order valence-electron chi connectivity index (χ3n) is 2.80. The summed E-state index contributed by atoms with van der Waals surface area (Å²) in [7, 11) is 0. The number of benzene rings is 2. The molecule has 3 nitrogen and oxygen atoms in total. The third kappa shape index (κ3) is 5.15. The van der Waals surface area contributed by atoms with Crippen LogP contribution in [-0.2, 0) is 16.1 Å². The number of hydrogen-bond donors (Lipinski definition) is 0. The van der Waals surface area contributed by atoms with Crippen molar-refractivity contribution in [3.63, 3.8) is 0 Å². The SMILES string of the molecule is CCOC(=O)C=Cc1cccc(OCc2ccccc2)c1. The lowest BCUT2D eigenvalue weighted by atomic mass is 10.2. The average Bonchev–Trinajstić information content (AvgIpc) is 2.53. The van der Waals surface area contributed by atoms with E-state index in [1.807, 2.05) is 54.6 Å². The molecule has 2 aromatic carbocycles. The van der Waals surface area contributed by atoms with E-state index in [2.05, 4.69) is 0 Å². The molecule has 0 atom stereocenters. The Morgan fingerprint density at radius 1 is 1.10 bits per heavy atom. The predicted molar refractivity (Wildman–Crippen MR) is 82.9 cm³/mol. The molecule has 0 heterocycles. The van der Waals surface area contributed by atoms with Crippen molar-refractivity contribution < 1.29 is 14.3 Å².